The molecule has 0 spiro atoms. The van der Waals surface area contributed by atoms with Gasteiger partial charge in [0, 0.05) is 19.0 Å². The van der Waals surface area contributed by atoms with Gasteiger partial charge in [-0.05, 0) is 31.0 Å². The van der Waals surface area contributed by atoms with Crippen LogP contribution in [-0.4, -0.2) is 27.7 Å². The Kier molecular flexibility index (Phi) is 3.92. The van der Waals surface area contributed by atoms with E-state index in [1.165, 1.54) is 11.2 Å². The van der Waals surface area contributed by atoms with E-state index in [2.05, 4.69) is 20.6 Å². The molecule has 0 aliphatic carbocycles. The van der Waals surface area contributed by atoms with Gasteiger partial charge in [-0.15, -0.1) is 0 Å². The van der Waals surface area contributed by atoms with Gasteiger partial charge in [-0.1, -0.05) is 12.1 Å². The molecule has 1 aromatic heterocycles. The van der Waals surface area contributed by atoms with Gasteiger partial charge in [-0.3, -0.25) is 14.7 Å². The highest BCUT2D eigenvalue weighted by Gasteiger charge is 2.26. The van der Waals surface area contributed by atoms with Gasteiger partial charge in [-0.2, -0.15) is 10.2 Å². The quantitative estimate of drug-likeness (QED) is 0.910. The van der Waals surface area contributed by atoms with Crippen LogP contribution >= 0.6 is 0 Å². The lowest BCUT2D eigenvalue weighted by atomic mass is 10.1. The fourth-order valence-electron chi connectivity index (χ4n) is 2.37. The molecule has 0 atom stereocenters. The first-order valence-corrected chi connectivity index (χ1v) is 7.32. The van der Waals surface area contributed by atoms with Crippen LogP contribution in [0.15, 0.2) is 35.7 Å². The van der Waals surface area contributed by atoms with Crippen molar-refractivity contribution in [2.45, 2.75) is 26.7 Å². The maximum atomic E-state index is 12.3. The van der Waals surface area contributed by atoms with E-state index in [4.69, 9.17) is 0 Å². The van der Waals surface area contributed by atoms with E-state index < -0.39 is 0 Å². The van der Waals surface area contributed by atoms with Crippen molar-refractivity contribution >= 4 is 28.9 Å². The molecule has 1 aliphatic heterocycles. The normalized spacial score (nSPS) is 14.6. The van der Waals surface area contributed by atoms with Crippen LogP contribution in [0, 0.1) is 13.8 Å². The van der Waals surface area contributed by atoms with E-state index in [1.54, 1.807) is 6.20 Å². The number of carbonyl (C=O) groups is 2. The lowest BCUT2D eigenvalue weighted by Crippen LogP contribution is -2.36. The summed E-state index contributed by atoms with van der Waals surface area (Å²) >= 11 is 0. The number of carbonyl (C=O) groups excluding carboxylic acids is 2. The largest absolute Gasteiger partial charge is 0.318 e. The first-order chi connectivity index (χ1) is 11.0. The summed E-state index contributed by atoms with van der Waals surface area (Å²) < 4.78 is 0. The number of hydrazone groups is 1. The number of hydrogen-bond donors (Lipinski definition) is 2. The number of rotatable bonds is 3. The second-order valence-electron chi connectivity index (χ2n) is 5.48. The Balaban J connectivity index is 1.89. The summed E-state index contributed by atoms with van der Waals surface area (Å²) in [4.78, 5) is 24.5. The lowest BCUT2D eigenvalue weighted by Gasteiger charge is -2.24. The molecule has 0 saturated heterocycles. The van der Waals surface area contributed by atoms with Gasteiger partial charge in [0.15, 0.2) is 0 Å². The highest BCUT2D eigenvalue weighted by Crippen LogP contribution is 2.25. The Morgan fingerprint density at radius 2 is 2.13 bits per heavy atom. The minimum Gasteiger partial charge on any atom is -0.318 e. The number of aromatic nitrogens is 2. The first-order valence-electron chi connectivity index (χ1n) is 7.32. The first kappa shape index (κ1) is 15.0. The highest BCUT2D eigenvalue weighted by atomic mass is 16.2. The molecule has 7 nitrogen and oxygen atoms in total. The molecule has 0 fully saturated rings. The Bertz CT molecular complexity index is 780. The van der Waals surface area contributed by atoms with Crippen LogP contribution in [0.25, 0.3) is 0 Å². The zero-order chi connectivity index (χ0) is 16.4. The molecule has 1 aliphatic rings. The van der Waals surface area contributed by atoms with Gasteiger partial charge >= 0.3 is 0 Å². The van der Waals surface area contributed by atoms with Crippen LogP contribution in [-0.2, 0) is 9.59 Å². The molecule has 2 amide bonds. The third-order valence-corrected chi connectivity index (χ3v) is 3.64. The minimum absolute atomic E-state index is 0.112. The van der Waals surface area contributed by atoms with Crippen molar-refractivity contribution in [2.24, 2.45) is 5.10 Å². The molecule has 2 N–H and O–H groups in total. The molecule has 118 valence electrons. The lowest BCUT2D eigenvalue weighted by molar-refractivity contribution is -0.118. The number of H-pyrrole nitrogens is 1. The fraction of sp³-hybridized carbons (Fsp3) is 0.250. The van der Waals surface area contributed by atoms with Crippen molar-refractivity contribution in [1.29, 1.82) is 0 Å². The summed E-state index contributed by atoms with van der Waals surface area (Å²) in [5, 5.41) is 14.7. The Hall–Kier alpha value is -2.96. The van der Waals surface area contributed by atoms with Crippen LogP contribution in [0.3, 0.4) is 0 Å². The number of benzene rings is 1. The summed E-state index contributed by atoms with van der Waals surface area (Å²) in [6, 6.07) is 5.81. The molecule has 7 heteroatoms. The molecule has 2 heterocycles. The molecule has 1 aromatic carbocycles. The summed E-state index contributed by atoms with van der Waals surface area (Å²) in [6.45, 7) is 3.87. The average molecular weight is 311 g/mol. The maximum Gasteiger partial charge on any atom is 0.271 e. The smallest absolute Gasteiger partial charge is 0.271 e. The van der Waals surface area contributed by atoms with Crippen LogP contribution in [0.2, 0.25) is 0 Å². The van der Waals surface area contributed by atoms with E-state index >= 15 is 0 Å². The molecule has 2 aromatic rings. The number of hydrogen-bond acceptors (Lipinski definition) is 4. The summed E-state index contributed by atoms with van der Waals surface area (Å²) in [6.07, 6.45) is 3.67. The van der Waals surface area contributed by atoms with Gasteiger partial charge < -0.3 is 5.32 Å². The number of amides is 2. The maximum absolute atomic E-state index is 12.3. The van der Waals surface area contributed by atoms with Gasteiger partial charge in [-0.25, -0.2) is 5.01 Å². The van der Waals surface area contributed by atoms with Crippen molar-refractivity contribution in [1.82, 2.24) is 10.2 Å². The van der Waals surface area contributed by atoms with Crippen molar-refractivity contribution in [3.05, 3.63) is 41.7 Å². The Labute approximate surface area is 133 Å². The summed E-state index contributed by atoms with van der Waals surface area (Å²) in [7, 11) is 0. The van der Waals surface area contributed by atoms with Gasteiger partial charge in [0.05, 0.1) is 17.6 Å². The predicted octanol–water partition coefficient (Wildman–Crippen LogP) is 2.15. The monoisotopic (exact) mass is 311 g/mol. The van der Waals surface area contributed by atoms with E-state index in [0.29, 0.717) is 23.5 Å². The van der Waals surface area contributed by atoms with Gasteiger partial charge in [0.25, 0.3) is 5.91 Å². The molecule has 0 saturated carbocycles. The number of anilines is 2. The van der Waals surface area contributed by atoms with Crippen LogP contribution in [0.4, 0.5) is 11.4 Å². The van der Waals surface area contributed by atoms with Crippen LogP contribution < -0.4 is 10.3 Å². The molecule has 3 rings (SSSR count). The van der Waals surface area contributed by atoms with E-state index in [1.807, 2.05) is 32.0 Å². The molecule has 23 heavy (non-hydrogen) atoms. The Morgan fingerprint density at radius 1 is 1.30 bits per heavy atom. The summed E-state index contributed by atoms with van der Waals surface area (Å²) in [5.74, 6) is -0.437. The number of aromatic amines is 1. The SMILES string of the molecule is Cc1ccc(C)c(N2N=C(C(=O)Nc3cn[nH]c3)CCC2=O)c1. The standard InChI is InChI=1S/C16H17N5O2/c1-10-3-4-11(2)14(7-10)21-15(22)6-5-13(20-21)16(23)19-12-8-17-18-9-12/h3-4,7-9H,5-6H2,1-2H3,(H,17,18)(H,19,23). The average Bonchev–Trinajstić information content (AvgIpc) is 3.03. The van der Waals surface area contributed by atoms with Crippen molar-refractivity contribution in [3.8, 4) is 0 Å². The fourth-order valence-corrected chi connectivity index (χ4v) is 2.37. The number of nitrogens with one attached hydrogen (secondary N) is 2. The zero-order valence-electron chi connectivity index (χ0n) is 13.0. The van der Waals surface area contributed by atoms with Crippen LogP contribution in [0.5, 0.6) is 0 Å². The highest BCUT2D eigenvalue weighted by molar-refractivity contribution is 6.44. The molecule has 0 bridgehead atoms. The van der Waals surface area contributed by atoms with Gasteiger partial charge in [0.1, 0.15) is 5.71 Å². The van der Waals surface area contributed by atoms with E-state index in [9.17, 15) is 9.59 Å². The molecular weight excluding hydrogens is 294 g/mol. The zero-order valence-corrected chi connectivity index (χ0v) is 13.0. The number of nitrogens with zero attached hydrogens (tertiary/aromatic N) is 3. The topological polar surface area (TPSA) is 90.4 Å². The van der Waals surface area contributed by atoms with Crippen molar-refractivity contribution in [3.63, 3.8) is 0 Å². The second-order valence-corrected chi connectivity index (χ2v) is 5.48. The van der Waals surface area contributed by atoms with E-state index in [0.717, 1.165) is 11.1 Å². The van der Waals surface area contributed by atoms with Gasteiger partial charge in [0.2, 0.25) is 5.91 Å². The molecule has 0 radical (unpaired) electrons. The third kappa shape index (κ3) is 3.13. The predicted molar refractivity (Wildman–Crippen MR) is 87.3 cm³/mol. The van der Waals surface area contributed by atoms with Crippen molar-refractivity contribution < 1.29 is 9.59 Å². The minimum atomic E-state index is -0.325. The number of aryl methyl sites for hydroxylation is 2. The molecule has 0 unspecified atom stereocenters. The third-order valence-electron chi connectivity index (χ3n) is 3.64. The van der Waals surface area contributed by atoms with Crippen LogP contribution in [0.1, 0.15) is 24.0 Å². The molecular formula is C16H17N5O2. The second kappa shape index (κ2) is 6.04. The van der Waals surface area contributed by atoms with E-state index in [-0.39, 0.29) is 18.2 Å². The Morgan fingerprint density at radius 3 is 2.87 bits per heavy atom. The summed E-state index contributed by atoms with van der Waals surface area (Å²) in [5.41, 5.74) is 3.57. The van der Waals surface area contributed by atoms with Crippen molar-refractivity contribution in [2.75, 3.05) is 10.3 Å².